The van der Waals surface area contributed by atoms with E-state index in [0.717, 1.165) is 13.8 Å². The topological polar surface area (TPSA) is 35.5 Å². The van der Waals surface area contributed by atoms with Crippen LogP contribution < -0.4 is 0 Å². The zero-order chi connectivity index (χ0) is 18.9. The lowest BCUT2D eigenvalue weighted by atomic mass is 10.0. The van der Waals surface area contributed by atoms with Gasteiger partial charge >= 0.3 is 25.7 Å². The lowest BCUT2D eigenvalue weighted by Gasteiger charge is -2.36. The molecule has 0 aromatic heterocycles. The van der Waals surface area contributed by atoms with E-state index in [-0.39, 0.29) is 6.92 Å². The first-order valence-electron chi connectivity index (χ1n) is 5.74. The van der Waals surface area contributed by atoms with Crippen LogP contribution in [0.4, 0.5) is 38.8 Å². The summed E-state index contributed by atoms with van der Waals surface area (Å²) in [6.45, 7) is 2.18. The molecule has 0 fully saturated rings. The lowest BCUT2D eigenvalue weighted by Crippen LogP contribution is -2.61. The van der Waals surface area contributed by atoms with Gasteiger partial charge in [0.25, 0.3) is 0 Å². The number of rotatable bonds is 9. The van der Waals surface area contributed by atoms with E-state index in [1.54, 1.807) is 0 Å². The second kappa shape index (κ2) is 7.40. The fourth-order valence-electron chi connectivity index (χ4n) is 1.21. The first-order chi connectivity index (χ1) is 10.0. The van der Waals surface area contributed by atoms with Crippen molar-refractivity contribution in [1.82, 2.24) is 0 Å². The van der Waals surface area contributed by atoms with E-state index < -0.39 is 55.5 Å². The van der Waals surface area contributed by atoms with Gasteiger partial charge in [-0.05, 0) is 20.8 Å². The third-order valence-corrected chi connectivity index (χ3v) is 4.03. The number of alkyl halides is 7. The van der Waals surface area contributed by atoms with Gasteiger partial charge in [-0.2, -0.15) is 30.2 Å². The van der Waals surface area contributed by atoms with Gasteiger partial charge in [-0.1, -0.05) is 0 Å². The monoisotopic (exact) mass is 402 g/mol. The summed E-state index contributed by atoms with van der Waals surface area (Å²) in [6.07, 6.45) is -4.58. The van der Waals surface area contributed by atoms with Crippen molar-refractivity contribution < 1.29 is 52.4 Å². The molecule has 0 bridgehead atoms. The molecule has 0 aliphatic heterocycles. The minimum Gasteiger partial charge on any atom is -0.281 e. The second-order valence-electron chi connectivity index (χ2n) is 4.56. The van der Waals surface area contributed by atoms with Gasteiger partial charge in [0, 0.05) is 0 Å². The Morgan fingerprint density at radius 3 is 1.74 bits per heavy atom. The van der Waals surface area contributed by atoms with Crippen molar-refractivity contribution in [1.29, 1.82) is 0 Å². The largest absolute Gasteiger partial charge is 0.513 e. The van der Waals surface area contributed by atoms with Crippen LogP contribution in [0.2, 0.25) is 0 Å². The number of hydrogen-bond acceptors (Lipinski definition) is 4. The Balaban J connectivity index is 5.48. The summed E-state index contributed by atoms with van der Waals surface area (Å²) in [5, 5.41) is 0. The summed E-state index contributed by atoms with van der Waals surface area (Å²) >= 11 is -1.92. The summed E-state index contributed by atoms with van der Waals surface area (Å²) in [5.41, 5.74) is -4.32. The summed E-state index contributed by atoms with van der Waals surface area (Å²) in [6, 6.07) is 0. The van der Waals surface area contributed by atoms with Crippen molar-refractivity contribution in [3.05, 3.63) is 0 Å². The summed E-state index contributed by atoms with van der Waals surface area (Å²) in [5.74, 6) is -18.5. The van der Waals surface area contributed by atoms with E-state index in [2.05, 4.69) is 9.05 Å². The third kappa shape index (κ3) is 4.93. The van der Waals surface area contributed by atoms with Gasteiger partial charge in [0.15, 0.2) is 0 Å². The Morgan fingerprint density at radius 2 is 1.39 bits per heavy atom. The predicted molar refractivity (Wildman–Crippen MR) is 63.9 cm³/mol. The Hall–Kier alpha value is -0.130. The molecule has 0 spiro atoms. The van der Waals surface area contributed by atoms with Crippen molar-refractivity contribution in [3.8, 4) is 0 Å². The number of hydrogen-bond donors (Lipinski definition) is 0. The van der Waals surface area contributed by atoms with Crippen LogP contribution in [-0.2, 0) is 13.6 Å². The van der Waals surface area contributed by atoms with Gasteiger partial charge in [-0.3, -0.25) is 9.05 Å². The van der Waals surface area contributed by atoms with E-state index in [1.807, 2.05) is 0 Å². The summed E-state index contributed by atoms with van der Waals surface area (Å²) in [4.78, 5) is 0. The average Bonchev–Trinajstić information content (AvgIpc) is 2.34. The van der Waals surface area contributed by atoms with Crippen molar-refractivity contribution in [3.63, 3.8) is 0 Å². The second-order valence-corrected chi connectivity index (χ2v) is 6.43. The Kier molecular flexibility index (Phi) is 7.36. The van der Waals surface area contributed by atoms with Gasteiger partial charge < -0.3 is 0 Å². The van der Waals surface area contributed by atoms with E-state index in [1.165, 1.54) is 0 Å². The van der Waals surface area contributed by atoms with Crippen LogP contribution in [0.5, 0.6) is 0 Å². The normalized spacial score (nSPS) is 19.5. The molecule has 0 N–H and O–H groups in total. The van der Waals surface area contributed by atoms with E-state index >= 15 is 0 Å². The highest BCUT2D eigenvalue weighted by Crippen LogP contribution is 2.57. The van der Waals surface area contributed by atoms with Crippen molar-refractivity contribution in [2.75, 3.05) is 0 Å². The lowest BCUT2D eigenvalue weighted by molar-refractivity contribution is -0.334. The molecule has 0 aliphatic rings. The Morgan fingerprint density at radius 1 is 0.957 bits per heavy atom. The van der Waals surface area contributed by atoms with Gasteiger partial charge in [-0.15, -0.1) is 4.20 Å². The minimum atomic E-state index is -6.48. The summed E-state index contributed by atoms with van der Waals surface area (Å²) < 4.78 is 135. The predicted octanol–water partition coefficient (Wildman–Crippen LogP) is 5.71. The van der Waals surface area contributed by atoms with Crippen molar-refractivity contribution in [2.45, 2.75) is 56.3 Å². The van der Waals surface area contributed by atoms with Crippen molar-refractivity contribution >= 4 is 20.1 Å². The fraction of sp³-hybridized carbons (Fsp3) is 1.00. The van der Waals surface area contributed by atoms with Crippen LogP contribution in [0, 0.1) is 0 Å². The van der Waals surface area contributed by atoms with Crippen LogP contribution in [0.1, 0.15) is 20.8 Å². The molecule has 3 atom stereocenters. The quantitative estimate of drug-likeness (QED) is 0.366. The first-order valence-corrected chi connectivity index (χ1v) is 7.95. The Bertz CT molecular complexity index is 448. The van der Waals surface area contributed by atoms with Gasteiger partial charge in [-0.25, -0.2) is 8.96 Å². The van der Waals surface area contributed by atoms with E-state index in [4.69, 9.17) is 0 Å². The molecule has 0 saturated heterocycles. The highest BCUT2D eigenvalue weighted by atomic mass is 32.2. The third-order valence-electron chi connectivity index (χ3n) is 2.33. The standard InChI is InChI=1S/C9H12F9O3PS/c1-4(2)20-22(17,19)21-5(3)7(11,12)9(15,16)8(13,14)6(10)23-18/h4-6H,1-3H3. The maximum absolute atomic E-state index is 13.5. The van der Waals surface area contributed by atoms with Gasteiger partial charge in [0.2, 0.25) is 5.50 Å². The van der Waals surface area contributed by atoms with Gasteiger partial charge in [0.1, 0.15) is 6.10 Å². The van der Waals surface area contributed by atoms with Crippen molar-refractivity contribution in [2.24, 2.45) is 0 Å². The Labute approximate surface area is 129 Å². The van der Waals surface area contributed by atoms with Crippen LogP contribution in [0.25, 0.3) is 0 Å². The average molecular weight is 402 g/mol. The first kappa shape index (κ1) is 22.9. The van der Waals surface area contributed by atoms with E-state index in [9.17, 15) is 43.4 Å². The van der Waals surface area contributed by atoms with Gasteiger partial charge in [0.05, 0.1) is 18.3 Å². The molecule has 0 aromatic rings. The zero-order valence-electron chi connectivity index (χ0n) is 11.7. The molecule has 0 heterocycles. The molecule has 3 nitrogen and oxygen atoms in total. The zero-order valence-corrected chi connectivity index (χ0v) is 13.4. The molecular weight excluding hydrogens is 390 g/mol. The molecule has 0 rings (SSSR count). The SMILES string of the molecule is CC(C)OP(=O)(F)OC(C)C(F)(F)C(F)(F)C(F)(F)C(F)SF. The molecule has 0 aromatic carbocycles. The molecule has 0 radical (unpaired) electrons. The van der Waals surface area contributed by atoms with Crippen LogP contribution in [0.3, 0.4) is 0 Å². The molecule has 0 amide bonds. The van der Waals surface area contributed by atoms with Crippen LogP contribution >= 0.6 is 20.1 Å². The molecule has 0 aliphatic carbocycles. The fourth-order valence-corrected chi connectivity index (χ4v) is 2.53. The molecule has 14 heteroatoms. The molecule has 3 unspecified atom stereocenters. The number of halogens is 9. The molecule has 23 heavy (non-hydrogen) atoms. The smallest absolute Gasteiger partial charge is 0.281 e. The molecule has 140 valence electrons. The molecule has 0 saturated carbocycles. The van der Waals surface area contributed by atoms with E-state index in [0.29, 0.717) is 0 Å². The highest BCUT2D eigenvalue weighted by molar-refractivity contribution is 7.94. The maximum Gasteiger partial charge on any atom is 0.513 e. The van der Waals surface area contributed by atoms with Crippen LogP contribution in [-0.4, -0.2) is 35.5 Å². The highest BCUT2D eigenvalue weighted by Gasteiger charge is 2.77. The maximum atomic E-state index is 13.5. The molecular formula is C9H12F9O3PS. The minimum absolute atomic E-state index is 0.00423. The summed E-state index contributed by atoms with van der Waals surface area (Å²) in [7, 11) is -5.78. The van der Waals surface area contributed by atoms with Crippen LogP contribution in [0.15, 0.2) is 0 Å².